The lowest BCUT2D eigenvalue weighted by Crippen LogP contribution is -2.42. The second-order valence-electron chi connectivity index (χ2n) is 9.89. The van der Waals surface area contributed by atoms with E-state index in [2.05, 4.69) is 10.2 Å². The number of rotatable bonds is 8. The third-order valence-corrected chi connectivity index (χ3v) is 7.79. The SMILES string of the molecule is O=C(NCCN1CCC[C@@H]1Cn1nc(Cc2ccc(Cl)cc2)c2ccccc2c1=O)C1CCCC1. The second kappa shape index (κ2) is 10.9. The van der Waals surface area contributed by atoms with Gasteiger partial charge in [0.2, 0.25) is 5.91 Å². The molecule has 0 bridgehead atoms. The molecular formula is C28H33ClN4O2. The van der Waals surface area contributed by atoms with E-state index < -0.39 is 0 Å². The Balaban J connectivity index is 1.31. The number of nitrogens with zero attached hydrogens (tertiary/aromatic N) is 3. The first-order valence-electron chi connectivity index (χ1n) is 12.8. The van der Waals surface area contributed by atoms with Crippen LogP contribution in [0.3, 0.4) is 0 Å². The summed E-state index contributed by atoms with van der Waals surface area (Å²) in [5.74, 6) is 0.404. The molecule has 1 saturated heterocycles. The number of fused-ring (bicyclic) bond motifs is 1. The summed E-state index contributed by atoms with van der Waals surface area (Å²) in [5, 5.41) is 10.3. The summed E-state index contributed by atoms with van der Waals surface area (Å²) in [5.41, 5.74) is 1.97. The van der Waals surface area contributed by atoms with Crippen LogP contribution in [0.1, 0.15) is 49.8 Å². The molecule has 1 N–H and O–H groups in total. The first-order valence-corrected chi connectivity index (χ1v) is 13.2. The molecule has 1 aliphatic carbocycles. The number of nitrogens with one attached hydrogen (secondary N) is 1. The van der Waals surface area contributed by atoms with Gasteiger partial charge in [0.1, 0.15) is 0 Å². The molecule has 1 aliphatic heterocycles. The van der Waals surface area contributed by atoms with Gasteiger partial charge in [-0.15, -0.1) is 0 Å². The molecule has 2 fully saturated rings. The predicted octanol–water partition coefficient (Wildman–Crippen LogP) is 4.41. The van der Waals surface area contributed by atoms with Gasteiger partial charge in [-0.25, -0.2) is 4.68 Å². The summed E-state index contributed by atoms with van der Waals surface area (Å²) in [4.78, 5) is 28.1. The molecule has 1 amide bonds. The Hall–Kier alpha value is -2.70. The van der Waals surface area contributed by atoms with Crippen molar-refractivity contribution >= 4 is 28.3 Å². The van der Waals surface area contributed by atoms with Crippen molar-refractivity contribution in [2.24, 2.45) is 5.92 Å². The van der Waals surface area contributed by atoms with Crippen molar-refractivity contribution < 1.29 is 4.79 Å². The van der Waals surface area contributed by atoms with Crippen molar-refractivity contribution in [3.8, 4) is 0 Å². The molecule has 0 spiro atoms. The minimum atomic E-state index is -0.0400. The molecule has 35 heavy (non-hydrogen) atoms. The van der Waals surface area contributed by atoms with E-state index >= 15 is 0 Å². The molecule has 1 saturated carbocycles. The molecule has 184 valence electrons. The fourth-order valence-electron chi connectivity index (χ4n) is 5.61. The van der Waals surface area contributed by atoms with Gasteiger partial charge in [0.05, 0.1) is 17.6 Å². The highest BCUT2D eigenvalue weighted by Crippen LogP contribution is 2.25. The Labute approximate surface area is 211 Å². The van der Waals surface area contributed by atoms with Crippen LogP contribution < -0.4 is 10.9 Å². The van der Waals surface area contributed by atoms with Gasteiger partial charge >= 0.3 is 0 Å². The topological polar surface area (TPSA) is 67.2 Å². The van der Waals surface area contributed by atoms with Crippen molar-refractivity contribution in [1.29, 1.82) is 0 Å². The maximum Gasteiger partial charge on any atom is 0.274 e. The zero-order chi connectivity index (χ0) is 24.2. The number of halogens is 1. The molecular weight excluding hydrogens is 460 g/mol. The predicted molar refractivity (Wildman–Crippen MR) is 140 cm³/mol. The number of likely N-dealkylation sites (tertiary alicyclic amines) is 1. The van der Waals surface area contributed by atoms with Crippen LogP contribution >= 0.6 is 11.6 Å². The molecule has 0 unspecified atom stereocenters. The first-order chi connectivity index (χ1) is 17.1. The third kappa shape index (κ3) is 5.60. The first kappa shape index (κ1) is 24.0. The molecule has 2 heterocycles. The van der Waals surface area contributed by atoms with Gasteiger partial charge < -0.3 is 5.32 Å². The van der Waals surface area contributed by atoms with Crippen molar-refractivity contribution in [1.82, 2.24) is 20.0 Å². The van der Waals surface area contributed by atoms with Crippen molar-refractivity contribution in [3.05, 3.63) is 75.2 Å². The van der Waals surface area contributed by atoms with E-state index in [1.165, 1.54) is 12.8 Å². The zero-order valence-electron chi connectivity index (χ0n) is 20.1. The number of aromatic nitrogens is 2. The monoisotopic (exact) mass is 492 g/mol. The molecule has 1 aromatic heterocycles. The molecule has 2 aliphatic rings. The summed E-state index contributed by atoms with van der Waals surface area (Å²) < 4.78 is 1.66. The Morgan fingerprint density at radius 2 is 1.74 bits per heavy atom. The van der Waals surface area contributed by atoms with Crippen LogP contribution in [0.5, 0.6) is 0 Å². The lowest BCUT2D eigenvalue weighted by Gasteiger charge is -2.25. The van der Waals surface area contributed by atoms with Crippen LogP contribution in [0, 0.1) is 5.92 Å². The second-order valence-corrected chi connectivity index (χ2v) is 10.3. The molecule has 6 nitrogen and oxygen atoms in total. The van der Waals surface area contributed by atoms with E-state index in [4.69, 9.17) is 16.7 Å². The highest BCUT2D eigenvalue weighted by atomic mass is 35.5. The highest BCUT2D eigenvalue weighted by molar-refractivity contribution is 6.30. The summed E-state index contributed by atoms with van der Waals surface area (Å²) in [7, 11) is 0. The van der Waals surface area contributed by atoms with Crippen LogP contribution in [-0.2, 0) is 17.8 Å². The summed E-state index contributed by atoms with van der Waals surface area (Å²) in [6.07, 6.45) is 7.14. The lowest BCUT2D eigenvalue weighted by molar-refractivity contribution is -0.124. The molecule has 1 atom stereocenters. The maximum atomic E-state index is 13.3. The molecule has 3 aromatic rings. The fraction of sp³-hybridized carbons (Fsp3) is 0.464. The van der Waals surface area contributed by atoms with E-state index in [1.54, 1.807) is 4.68 Å². The smallest absolute Gasteiger partial charge is 0.274 e. The Morgan fingerprint density at radius 1 is 1.00 bits per heavy atom. The number of carbonyl (C=O) groups is 1. The standard InChI is InChI=1S/C28H33ClN4O2/c29-22-13-11-20(12-14-22)18-26-24-9-3-4-10-25(24)28(35)33(31-26)19-23-8-5-16-32(23)17-15-30-27(34)21-6-1-2-7-21/h3-4,9-14,21,23H,1-2,5-8,15-19H2,(H,30,34)/t23-/m1/s1. The van der Waals surface area contributed by atoms with Crippen LogP contribution in [0.4, 0.5) is 0 Å². The van der Waals surface area contributed by atoms with Gasteiger partial charge in [-0.1, -0.05) is 54.8 Å². The van der Waals surface area contributed by atoms with E-state index in [0.717, 1.165) is 55.4 Å². The number of benzene rings is 2. The molecule has 7 heteroatoms. The lowest BCUT2D eigenvalue weighted by atomic mass is 10.0. The van der Waals surface area contributed by atoms with Crippen LogP contribution in [0.2, 0.25) is 5.02 Å². The summed E-state index contributed by atoms with van der Waals surface area (Å²) in [6, 6.07) is 15.8. The van der Waals surface area contributed by atoms with Crippen molar-refractivity contribution in [3.63, 3.8) is 0 Å². The zero-order valence-corrected chi connectivity index (χ0v) is 20.8. The van der Waals surface area contributed by atoms with Gasteiger partial charge in [-0.05, 0) is 56.0 Å². The normalized spacial score (nSPS) is 18.9. The van der Waals surface area contributed by atoms with E-state index in [9.17, 15) is 9.59 Å². The van der Waals surface area contributed by atoms with Gasteiger partial charge in [0.25, 0.3) is 5.56 Å². The van der Waals surface area contributed by atoms with Crippen LogP contribution in [0.15, 0.2) is 53.3 Å². The fourth-order valence-corrected chi connectivity index (χ4v) is 5.73. The number of hydrogen-bond acceptors (Lipinski definition) is 4. The maximum absolute atomic E-state index is 13.3. The van der Waals surface area contributed by atoms with E-state index in [-0.39, 0.29) is 23.4 Å². The van der Waals surface area contributed by atoms with Crippen molar-refractivity contribution in [2.45, 2.75) is 57.5 Å². The van der Waals surface area contributed by atoms with Gasteiger partial charge in [0, 0.05) is 41.9 Å². The average Bonchev–Trinajstić information content (AvgIpc) is 3.56. The number of amides is 1. The largest absolute Gasteiger partial charge is 0.355 e. The van der Waals surface area contributed by atoms with Gasteiger partial charge in [-0.3, -0.25) is 14.5 Å². The Morgan fingerprint density at radius 3 is 2.51 bits per heavy atom. The number of hydrogen-bond donors (Lipinski definition) is 1. The van der Waals surface area contributed by atoms with Crippen LogP contribution in [-0.4, -0.2) is 46.3 Å². The minimum absolute atomic E-state index is 0.0400. The average molecular weight is 493 g/mol. The minimum Gasteiger partial charge on any atom is -0.355 e. The number of carbonyl (C=O) groups excluding carboxylic acids is 1. The molecule has 2 aromatic carbocycles. The van der Waals surface area contributed by atoms with Gasteiger partial charge in [-0.2, -0.15) is 5.10 Å². The van der Waals surface area contributed by atoms with E-state index in [1.807, 2.05) is 48.5 Å². The Bertz CT molecular complexity index is 1230. The van der Waals surface area contributed by atoms with Gasteiger partial charge in [0.15, 0.2) is 0 Å². The quantitative estimate of drug-likeness (QED) is 0.505. The van der Waals surface area contributed by atoms with Crippen LogP contribution in [0.25, 0.3) is 10.8 Å². The highest BCUT2D eigenvalue weighted by Gasteiger charge is 2.27. The Kier molecular flexibility index (Phi) is 7.49. The molecule has 5 rings (SSSR count). The summed E-state index contributed by atoms with van der Waals surface area (Å²) in [6.45, 7) is 3.02. The molecule has 0 radical (unpaired) electrons. The van der Waals surface area contributed by atoms with Crippen molar-refractivity contribution in [2.75, 3.05) is 19.6 Å². The van der Waals surface area contributed by atoms with E-state index in [0.29, 0.717) is 29.9 Å². The third-order valence-electron chi connectivity index (χ3n) is 7.54. The summed E-state index contributed by atoms with van der Waals surface area (Å²) >= 11 is 6.06.